The molecule has 2 aromatic rings. The molecule has 6 nitrogen and oxygen atoms in total. The van der Waals surface area contributed by atoms with Gasteiger partial charge in [-0.05, 0) is 43.2 Å². The highest BCUT2D eigenvalue weighted by Gasteiger charge is 2.37. The van der Waals surface area contributed by atoms with E-state index < -0.39 is 5.60 Å². The monoisotopic (exact) mass is 372 g/mol. The van der Waals surface area contributed by atoms with Crippen LogP contribution in [0.25, 0.3) is 11.4 Å². The van der Waals surface area contributed by atoms with Gasteiger partial charge in [-0.3, -0.25) is 4.79 Å². The van der Waals surface area contributed by atoms with Crippen molar-refractivity contribution in [2.24, 2.45) is 0 Å². The van der Waals surface area contributed by atoms with Gasteiger partial charge in [-0.2, -0.15) is 0 Å². The van der Waals surface area contributed by atoms with Crippen molar-refractivity contribution in [1.82, 2.24) is 14.9 Å². The summed E-state index contributed by atoms with van der Waals surface area (Å²) in [6.45, 7) is 5.81. The lowest BCUT2D eigenvalue weighted by molar-refractivity contribution is -0.134. The Morgan fingerprint density at radius 1 is 1.42 bits per heavy atom. The molecular weight excluding hydrogens is 352 g/mol. The van der Waals surface area contributed by atoms with Gasteiger partial charge in [0.25, 0.3) is 0 Å². The van der Waals surface area contributed by atoms with Crippen molar-refractivity contribution in [1.29, 1.82) is 0 Å². The third kappa shape index (κ3) is 3.86. The Morgan fingerprint density at radius 3 is 2.77 bits per heavy atom. The number of carbonyl (C=O) groups excluding carboxylic acids is 1. The molecular formula is C19H21ClN4O2. The second kappa shape index (κ2) is 7.05. The van der Waals surface area contributed by atoms with Gasteiger partial charge in [-0.1, -0.05) is 18.2 Å². The van der Waals surface area contributed by atoms with Gasteiger partial charge in [0.05, 0.1) is 29.7 Å². The van der Waals surface area contributed by atoms with Crippen molar-refractivity contribution in [3.05, 3.63) is 53.8 Å². The summed E-state index contributed by atoms with van der Waals surface area (Å²) in [5.74, 6) is 0.322. The number of halogens is 1. The van der Waals surface area contributed by atoms with Crippen molar-refractivity contribution in [2.45, 2.75) is 31.4 Å². The minimum absolute atomic E-state index is 0.171. The Hall–Kier alpha value is -2.44. The number of nitrogens with zero attached hydrogens (tertiary/aromatic N) is 3. The van der Waals surface area contributed by atoms with Crippen LogP contribution in [0, 0.1) is 0 Å². The van der Waals surface area contributed by atoms with Gasteiger partial charge in [-0.15, -0.1) is 0 Å². The second-order valence-corrected chi connectivity index (χ2v) is 7.25. The van der Waals surface area contributed by atoms with Crippen molar-refractivity contribution in [2.75, 3.05) is 12.3 Å². The molecule has 2 atom stereocenters. The molecule has 136 valence electrons. The molecule has 1 aliphatic rings. The molecule has 1 saturated heterocycles. The number of aliphatic hydroxyl groups is 1. The number of likely N-dealkylation sites (tertiary alicyclic amines) is 1. The molecule has 0 bridgehead atoms. The normalized spacial score (nSPS) is 22.9. The van der Waals surface area contributed by atoms with E-state index in [1.54, 1.807) is 24.0 Å². The molecule has 3 N–H and O–H groups in total. The number of rotatable bonds is 3. The van der Waals surface area contributed by atoms with E-state index >= 15 is 0 Å². The van der Waals surface area contributed by atoms with E-state index in [1.165, 1.54) is 18.5 Å². The molecule has 1 fully saturated rings. The van der Waals surface area contributed by atoms with Crippen LogP contribution in [0.1, 0.15) is 31.4 Å². The molecule has 1 aromatic heterocycles. The summed E-state index contributed by atoms with van der Waals surface area (Å²) in [5, 5.41) is 11.0. The van der Waals surface area contributed by atoms with E-state index in [-0.39, 0.29) is 11.9 Å². The van der Waals surface area contributed by atoms with E-state index in [0.717, 1.165) is 11.1 Å². The van der Waals surface area contributed by atoms with Gasteiger partial charge in [0.1, 0.15) is 0 Å². The Kier molecular flexibility index (Phi) is 4.98. The first kappa shape index (κ1) is 18.4. The molecule has 1 aliphatic heterocycles. The average Bonchev–Trinajstić information content (AvgIpc) is 2.60. The zero-order chi connectivity index (χ0) is 18.9. The van der Waals surface area contributed by atoms with Crippen LogP contribution in [-0.2, 0) is 4.79 Å². The maximum Gasteiger partial charge on any atom is 0.246 e. The summed E-state index contributed by atoms with van der Waals surface area (Å²) < 4.78 is 0. The van der Waals surface area contributed by atoms with Gasteiger partial charge >= 0.3 is 0 Å². The van der Waals surface area contributed by atoms with Gasteiger partial charge in [0.2, 0.25) is 5.91 Å². The molecule has 7 heteroatoms. The maximum atomic E-state index is 12.3. The van der Waals surface area contributed by atoms with Crippen LogP contribution in [-0.4, -0.2) is 38.0 Å². The number of hydrogen-bond acceptors (Lipinski definition) is 5. The predicted octanol–water partition coefficient (Wildman–Crippen LogP) is 2.98. The fraction of sp³-hybridized carbons (Fsp3) is 0.316. The smallest absolute Gasteiger partial charge is 0.246 e. The SMILES string of the molecule is C=CC(=O)N1CC[C@](C)(O)C[C@@H]1c1cc(Cl)cc(-c2ncc(N)cn2)c1. The van der Waals surface area contributed by atoms with E-state index in [9.17, 15) is 9.90 Å². The van der Waals surface area contributed by atoms with Crippen LogP contribution < -0.4 is 5.73 Å². The van der Waals surface area contributed by atoms with Crippen molar-refractivity contribution < 1.29 is 9.90 Å². The zero-order valence-corrected chi connectivity index (χ0v) is 15.3. The number of nitrogens with two attached hydrogens (primary N) is 1. The third-order valence-electron chi connectivity index (χ3n) is 4.59. The average molecular weight is 373 g/mol. The molecule has 3 rings (SSSR count). The van der Waals surface area contributed by atoms with Gasteiger partial charge in [0.15, 0.2) is 5.82 Å². The quantitative estimate of drug-likeness (QED) is 0.808. The van der Waals surface area contributed by atoms with Crippen LogP contribution >= 0.6 is 11.6 Å². The standard InChI is InChI=1S/C19H21ClN4O2/c1-3-17(25)24-5-4-19(2,26)9-16(24)12-6-13(8-14(20)7-12)18-22-10-15(21)11-23-18/h3,6-8,10-11,16,26H,1,4-5,9,21H2,2H3/t16-,19+/m1/s1. The molecule has 26 heavy (non-hydrogen) atoms. The summed E-state index contributed by atoms with van der Waals surface area (Å²) in [5.41, 5.74) is 6.81. The molecule has 0 saturated carbocycles. The first-order chi connectivity index (χ1) is 12.3. The topological polar surface area (TPSA) is 92.3 Å². The summed E-state index contributed by atoms with van der Waals surface area (Å²) >= 11 is 6.32. The van der Waals surface area contributed by atoms with Crippen LogP contribution in [0.3, 0.4) is 0 Å². The first-order valence-electron chi connectivity index (χ1n) is 8.33. The number of anilines is 1. The minimum atomic E-state index is -0.858. The maximum absolute atomic E-state index is 12.3. The molecule has 0 spiro atoms. The molecule has 0 aliphatic carbocycles. The Morgan fingerprint density at radius 2 is 2.12 bits per heavy atom. The van der Waals surface area contributed by atoms with Gasteiger partial charge in [0, 0.05) is 23.6 Å². The Labute approximate surface area is 157 Å². The third-order valence-corrected chi connectivity index (χ3v) is 4.81. The fourth-order valence-electron chi connectivity index (χ4n) is 3.25. The van der Waals surface area contributed by atoms with Crippen LogP contribution in [0.5, 0.6) is 0 Å². The minimum Gasteiger partial charge on any atom is -0.396 e. The van der Waals surface area contributed by atoms with E-state index in [2.05, 4.69) is 16.5 Å². The highest BCUT2D eigenvalue weighted by atomic mass is 35.5. The largest absolute Gasteiger partial charge is 0.396 e. The fourth-order valence-corrected chi connectivity index (χ4v) is 3.49. The number of carbonyl (C=O) groups is 1. The van der Waals surface area contributed by atoms with Crippen LogP contribution in [0.4, 0.5) is 5.69 Å². The summed E-state index contributed by atoms with van der Waals surface area (Å²) in [6, 6.07) is 5.15. The number of amides is 1. The lowest BCUT2D eigenvalue weighted by atomic mass is 9.84. The van der Waals surface area contributed by atoms with Crippen LogP contribution in [0.2, 0.25) is 5.02 Å². The molecule has 0 radical (unpaired) electrons. The van der Waals surface area contributed by atoms with E-state index in [1.807, 2.05) is 6.07 Å². The zero-order valence-electron chi connectivity index (χ0n) is 14.5. The highest BCUT2D eigenvalue weighted by Crippen LogP contribution is 2.38. The van der Waals surface area contributed by atoms with Gasteiger partial charge < -0.3 is 15.7 Å². The van der Waals surface area contributed by atoms with E-state index in [4.69, 9.17) is 17.3 Å². The summed E-state index contributed by atoms with van der Waals surface area (Å²) in [4.78, 5) is 22.5. The predicted molar refractivity (Wildman–Crippen MR) is 101 cm³/mol. The summed E-state index contributed by atoms with van der Waals surface area (Å²) in [7, 11) is 0. The van der Waals surface area contributed by atoms with Gasteiger partial charge in [-0.25, -0.2) is 9.97 Å². The summed E-state index contributed by atoms with van der Waals surface area (Å²) in [6.07, 6.45) is 5.28. The lowest BCUT2D eigenvalue weighted by Gasteiger charge is -2.42. The number of benzene rings is 1. The highest BCUT2D eigenvalue weighted by molar-refractivity contribution is 6.31. The molecule has 2 heterocycles. The van der Waals surface area contributed by atoms with Crippen molar-refractivity contribution in [3.8, 4) is 11.4 Å². The number of piperidine rings is 1. The van der Waals surface area contributed by atoms with Crippen LogP contribution in [0.15, 0.2) is 43.2 Å². The van der Waals surface area contributed by atoms with Crippen molar-refractivity contribution >= 4 is 23.2 Å². The van der Waals surface area contributed by atoms with E-state index in [0.29, 0.717) is 35.9 Å². The number of hydrogen-bond donors (Lipinski definition) is 2. The lowest BCUT2D eigenvalue weighted by Crippen LogP contribution is -2.46. The van der Waals surface area contributed by atoms with Crippen molar-refractivity contribution in [3.63, 3.8) is 0 Å². The second-order valence-electron chi connectivity index (χ2n) is 6.82. The number of nitrogen functional groups attached to an aromatic ring is 1. The molecule has 0 unspecified atom stereocenters. The Bertz CT molecular complexity index is 836. The molecule has 1 aromatic carbocycles. The first-order valence-corrected chi connectivity index (χ1v) is 8.71. The molecule has 1 amide bonds. The Balaban J connectivity index is 2.04. The number of aromatic nitrogens is 2.